The Balaban J connectivity index is 2.44. The second kappa shape index (κ2) is 5.27. The van der Waals surface area contributed by atoms with Crippen molar-refractivity contribution in [2.75, 3.05) is 4.72 Å². The van der Waals surface area contributed by atoms with Crippen molar-refractivity contribution in [3.05, 3.63) is 53.6 Å². The molecule has 0 unspecified atom stereocenters. The summed E-state index contributed by atoms with van der Waals surface area (Å²) in [4.78, 5) is 0.889. The normalized spacial score (nSPS) is 11.3. The molecular weight excluding hydrogens is 278 g/mol. The predicted molar refractivity (Wildman–Crippen MR) is 80.4 cm³/mol. The molecular formula is C14H15NO2S2. The van der Waals surface area contributed by atoms with E-state index in [2.05, 4.69) is 17.4 Å². The highest BCUT2D eigenvalue weighted by Gasteiger charge is 2.17. The van der Waals surface area contributed by atoms with Crippen LogP contribution < -0.4 is 4.72 Å². The van der Waals surface area contributed by atoms with Gasteiger partial charge in [0.15, 0.2) is 0 Å². The van der Waals surface area contributed by atoms with Crippen molar-refractivity contribution in [2.45, 2.75) is 23.6 Å². The van der Waals surface area contributed by atoms with Crippen molar-refractivity contribution in [1.82, 2.24) is 0 Å². The molecule has 0 saturated heterocycles. The number of hydrogen-bond donors (Lipinski definition) is 2. The fourth-order valence-corrected chi connectivity index (χ4v) is 3.46. The first-order chi connectivity index (χ1) is 8.90. The first-order valence-electron chi connectivity index (χ1n) is 5.78. The number of nitrogens with one attached hydrogen (secondary N) is 1. The molecule has 0 saturated carbocycles. The molecule has 2 rings (SSSR count). The van der Waals surface area contributed by atoms with E-state index >= 15 is 0 Å². The zero-order valence-electron chi connectivity index (χ0n) is 10.7. The van der Waals surface area contributed by atoms with Crippen molar-refractivity contribution in [2.24, 2.45) is 0 Å². The number of benzene rings is 2. The van der Waals surface area contributed by atoms with Crippen LogP contribution in [-0.2, 0) is 10.0 Å². The lowest BCUT2D eigenvalue weighted by Crippen LogP contribution is -2.14. The van der Waals surface area contributed by atoms with E-state index in [1.54, 1.807) is 43.3 Å². The fraction of sp³-hybridized carbons (Fsp3) is 0.143. The van der Waals surface area contributed by atoms with Gasteiger partial charge in [-0.3, -0.25) is 4.72 Å². The Labute approximate surface area is 119 Å². The quantitative estimate of drug-likeness (QED) is 0.852. The van der Waals surface area contributed by atoms with Gasteiger partial charge < -0.3 is 0 Å². The van der Waals surface area contributed by atoms with E-state index in [9.17, 15) is 8.42 Å². The molecule has 1 N–H and O–H groups in total. The molecule has 2 aromatic rings. The van der Waals surface area contributed by atoms with Crippen molar-refractivity contribution in [3.8, 4) is 0 Å². The third-order valence-electron chi connectivity index (χ3n) is 2.78. The number of hydrogen-bond acceptors (Lipinski definition) is 3. The molecule has 0 fully saturated rings. The molecule has 0 aliphatic rings. The second-order valence-electron chi connectivity index (χ2n) is 4.39. The minimum Gasteiger partial charge on any atom is -0.278 e. The van der Waals surface area contributed by atoms with Crippen LogP contribution in [0.4, 0.5) is 5.69 Å². The summed E-state index contributed by atoms with van der Waals surface area (Å²) < 4.78 is 27.3. The Bertz CT molecular complexity index is 709. The van der Waals surface area contributed by atoms with E-state index in [1.807, 2.05) is 13.0 Å². The molecule has 19 heavy (non-hydrogen) atoms. The lowest BCUT2D eigenvalue weighted by atomic mass is 10.2. The lowest BCUT2D eigenvalue weighted by molar-refractivity contribution is 0.600. The fourth-order valence-electron chi connectivity index (χ4n) is 1.76. The summed E-state index contributed by atoms with van der Waals surface area (Å²) in [5.74, 6) is 0. The molecule has 100 valence electrons. The molecule has 0 spiro atoms. The zero-order valence-corrected chi connectivity index (χ0v) is 12.4. The number of para-hydroxylation sites is 1. The van der Waals surface area contributed by atoms with E-state index in [4.69, 9.17) is 0 Å². The van der Waals surface area contributed by atoms with Gasteiger partial charge in [0.25, 0.3) is 10.0 Å². The van der Waals surface area contributed by atoms with E-state index < -0.39 is 10.0 Å². The van der Waals surface area contributed by atoms with Gasteiger partial charge in [-0.2, -0.15) is 0 Å². The Kier molecular flexibility index (Phi) is 3.87. The number of thiol groups is 1. The molecule has 0 bridgehead atoms. The zero-order chi connectivity index (χ0) is 14.0. The van der Waals surface area contributed by atoms with Crippen molar-refractivity contribution in [1.29, 1.82) is 0 Å². The van der Waals surface area contributed by atoms with E-state index in [0.717, 1.165) is 11.1 Å². The summed E-state index contributed by atoms with van der Waals surface area (Å²) in [5.41, 5.74) is 2.10. The molecule has 0 heterocycles. The SMILES string of the molecule is Cc1ccc(C)c(S(=O)(=O)Nc2ccccc2S)c1. The Morgan fingerprint density at radius 3 is 2.42 bits per heavy atom. The predicted octanol–water partition coefficient (Wildman–Crippen LogP) is 3.39. The van der Waals surface area contributed by atoms with Crippen LogP contribution in [0.25, 0.3) is 0 Å². The number of anilines is 1. The van der Waals surface area contributed by atoms with Crippen molar-refractivity contribution >= 4 is 28.3 Å². The molecule has 3 nitrogen and oxygen atoms in total. The van der Waals surface area contributed by atoms with Crippen LogP contribution in [0.3, 0.4) is 0 Å². The molecule has 0 aliphatic heterocycles. The van der Waals surface area contributed by atoms with Gasteiger partial charge in [-0.05, 0) is 43.2 Å². The largest absolute Gasteiger partial charge is 0.278 e. The van der Waals surface area contributed by atoms with Gasteiger partial charge in [0.2, 0.25) is 0 Å². The maximum Gasteiger partial charge on any atom is 0.262 e. The van der Waals surface area contributed by atoms with Gasteiger partial charge in [0.1, 0.15) is 0 Å². The second-order valence-corrected chi connectivity index (χ2v) is 6.52. The summed E-state index contributed by atoms with van der Waals surface area (Å²) in [5, 5.41) is 0. The number of rotatable bonds is 3. The summed E-state index contributed by atoms with van der Waals surface area (Å²) in [6, 6.07) is 12.4. The third-order valence-corrected chi connectivity index (χ3v) is 4.68. The Morgan fingerprint density at radius 1 is 1.05 bits per heavy atom. The summed E-state index contributed by atoms with van der Waals surface area (Å²) in [7, 11) is -3.59. The molecule has 0 radical (unpaired) electrons. The topological polar surface area (TPSA) is 46.2 Å². The maximum atomic E-state index is 12.4. The third kappa shape index (κ3) is 3.11. The molecule has 5 heteroatoms. The number of sulfonamides is 1. The van der Waals surface area contributed by atoms with E-state index in [1.165, 1.54) is 0 Å². The van der Waals surface area contributed by atoms with Crippen LogP contribution in [0.2, 0.25) is 0 Å². The van der Waals surface area contributed by atoms with E-state index in [0.29, 0.717) is 15.5 Å². The van der Waals surface area contributed by atoms with Crippen molar-refractivity contribution in [3.63, 3.8) is 0 Å². The average Bonchev–Trinajstić information content (AvgIpc) is 2.35. The van der Waals surface area contributed by atoms with Crippen LogP contribution in [0, 0.1) is 13.8 Å². The maximum absolute atomic E-state index is 12.4. The van der Waals surface area contributed by atoms with Crippen LogP contribution in [0.5, 0.6) is 0 Å². The molecule has 0 aliphatic carbocycles. The molecule has 0 aromatic heterocycles. The minimum atomic E-state index is -3.59. The first kappa shape index (κ1) is 14.0. The minimum absolute atomic E-state index is 0.295. The highest BCUT2D eigenvalue weighted by atomic mass is 32.2. The van der Waals surface area contributed by atoms with Crippen LogP contribution in [-0.4, -0.2) is 8.42 Å². The van der Waals surface area contributed by atoms with E-state index in [-0.39, 0.29) is 0 Å². The standard InChI is InChI=1S/C14H15NO2S2/c1-10-7-8-11(2)14(9-10)19(16,17)15-12-5-3-4-6-13(12)18/h3-9,15,18H,1-2H3. The number of aryl methyl sites for hydroxylation is 2. The molecule has 2 aromatic carbocycles. The van der Waals surface area contributed by atoms with Gasteiger partial charge in [-0.25, -0.2) is 8.42 Å². The summed E-state index contributed by atoms with van der Waals surface area (Å²) in [6.07, 6.45) is 0. The highest BCUT2D eigenvalue weighted by molar-refractivity contribution is 7.92. The molecule has 0 atom stereocenters. The Hall–Kier alpha value is -1.46. The van der Waals surface area contributed by atoms with Gasteiger partial charge in [-0.1, -0.05) is 24.3 Å². The highest BCUT2D eigenvalue weighted by Crippen LogP contribution is 2.24. The Morgan fingerprint density at radius 2 is 1.74 bits per heavy atom. The van der Waals surface area contributed by atoms with Gasteiger partial charge in [0.05, 0.1) is 10.6 Å². The van der Waals surface area contributed by atoms with Gasteiger partial charge in [-0.15, -0.1) is 12.6 Å². The van der Waals surface area contributed by atoms with Crippen LogP contribution >= 0.6 is 12.6 Å². The molecule has 0 amide bonds. The summed E-state index contributed by atoms with van der Waals surface area (Å²) >= 11 is 4.24. The summed E-state index contributed by atoms with van der Waals surface area (Å²) in [6.45, 7) is 3.64. The van der Waals surface area contributed by atoms with Crippen LogP contribution in [0.15, 0.2) is 52.3 Å². The van der Waals surface area contributed by atoms with Crippen LogP contribution in [0.1, 0.15) is 11.1 Å². The smallest absolute Gasteiger partial charge is 0.262 e. The monoisotopic (exact) mass is 293 g/mol. The lowest BCUT2D eigenvalue weighted by Gasteiger charge is -2.12. The average molecular weight is 293 g/mol. The van der Waals surface area contributed by atoms with Gasteiger partial charge in [0, 0.05) is 4.90 Å². The first-order valence-corrected chi connectivity index (χ1v) is 7.71. The van der Waals surface area contributed by atoms with Gasteiger partial charge >= 0.3 is 0 Å². The van der Waals surface area contributed by atoms with Crippen molar-refractivity contribution < 1.29 is 8.42 Å².